The van der Waals surface area contributed by atoms with E-state index in [9.17, 15) is 0 Å². The molecule has 0 radical (unpaired) electrons. The minimum atomic E-state index is 0.363. The molecule has 19 heavy (non-hydrogen) atoms. The van der Waals surface area contributed by atoms with Gasteiger partial charge in [-0.1, -0.05) is 35.3 Å². The Hall–Kier alpha value is -1.09. The summed E-state index contributed by atoms with van der Waals surface area (Å²) in [5, 5.41) is 4.71. The standard InChI is InChI=1S/C15H16Cl2N2/c1-18-9-13(11-2-4-14(16)5-3-11)8-12-6-7-19-10-15(12)17/h2-7,10,13,18H,8-9H2,1H3. The maximum Gasteiger partial charge on any atom is 0.0621 e. The third-order valence-corrected chi connectivity index (χ3v) is 3.71. The molecule has 0 aliphatic carbocycles. The molecule has 1 aromatic carbocycles. The van der Waals surface area contributed by atoms with Crippen LogP contribution in [0.3, 0.4) is 0 Å². The summed E-state index contributed by atoms with van der Waals surface area (Å²) in [6.45, 7) is 0.889. The number of pyridine rings is 1. The molecule has 0 spiro atoms. The first-order valence-corrected chi connectivity index (χ1v) is 6.94. The van der Waals surface area contributed by atoms with Crippen LogP contribution in [0.15, 0.2) is 42.7 Å². The molecule has 1 aromatic heterocycles. The lowest BCUT2D eigenvalue weighted by Crippen LogP contribution is -2.19. The van der Waals surface area contributed by atoms with Gasteiger partial charge in [-0.05, 0) is 42.8 Å². The van der Waals surface area contributed by atoms with E-state index in [-0.39, 0.29) is 0 Å². The van der Waals surface area contributed by atoms with Crippen molar-refractivity contribution in [3.63, 3.8) is 0 Å². The molecule has 2 aromatic rings. The number of benzene rings is 1. The summed E-state index contributed by atoms with van der Waals surface area (Å²) >= 11 is 12.1. The Balaban J connectivity index is 2.21. The van der Waals surface area contributed by atoms with E-state index in [1.54, 1.807) is 12.4 Å². The van der Waals surface area contributed by atoms with Crippen LogP contribution in [0.2, 0.25) is 10.0 Å². The van der Waals surface area contributed by atoms with Crippen LogP contribution >= 0.6 is 23.2 Å². The number of likely N-dealkylation sites (N-methyl/N-ethyl adjacent to an activating group) is 1. The van der Waals surface area contributed by atoms with Gasteiger partial charge >= 0.3 is 0 Å². The molecule has 0 amide bonds. The third-order valence-electron chi connectivity index (χ3n) is 3.11. The first kappa shape index (κ1) is 14.3. The fourth-order valence-corrected chi connectivity index (χ4v) is 2.45. The molecule has 2 nitrogen and oxygen atoms in total. The second kappa shape index (κ2) is 6.90. The van der Waals surface area contributed by atoms with Gasteiger partial charge in [0.15, 0.2) is 0 Å². The largest absolute Gasteiger partial charge is 0.319 e. The van der Waals surface area contributed by atoms with Crippen LogP contribution in [0.4, 0.5) is 0 Å². The molecule has 1 unspecified atom stereocenters. The fourth-order valence-electron chi connectivity index (χ4n) is 2.12. The van der Waals surface area contributed by atoms with Gasteiger partial charge in [0.05, 0.1) is 5.02 Å². The van der Waals surface area contributed by atoms with Gasteiger partial charge in [-0.25, -0.2) is 0 Å². The second-order valence-corrected chi connectivity index (χ2v) is 5.32. The van der Waals surface area contributed by atoms with Crippen molar-refractivity contribution in [2.24, 2.45) is 0 Å². The topological polar surface area (TPSA) is 24.9 Å². The van der Waals surface area contributed by atoms with Gasteiger partial charge in [-0.2, -0.15) is 0 Å². The Labute approximate surface area is 123 Å². The van der Waals surface area contributed by atoms with E-state index in [1.807, 2.05) is 25.2 Å². The van der Waals surface area contributed by atoms with E-state index >= 15 is 0 Å². The number of rotatable bonds is 5. The molecule has 0 saturated heterocycles. The summed E-state index contributed by atoms with van der Waals surface area (Å²) in [6, 6.07) is 9.96. The predicted molar refractivity (Wildman–Crippen MR) is 81.1 cm³/mol. The summed E-state index contributed by atoms with van der Waals surface area (Å²) < 4.78 is 0. The Bertz CT molecular complexity index is 526. The normalized spacial score (nSPS) is 12.4. The van der Waals surface area contributed by atoms with Gasteiger partial charge in [0, 0.05) is 29.9 Å². The van der Waals surface area contributed by atoms with Crippen LogP contribution in [0.25, 0.3) is 0 Å². The molecular formula is C15H16Cl2N2. The highest BCUT2D eigenvalue weighted by Gasteiger charge is 2.13. The molecule has 2 rings (SSSR count). The van der Waals surface area contributed by atoms with Crippen molar-refractivity contribution < 1.29 is 0 Å². The Kier molecular flexibility index (Phi) is 5.20. The van der Waals surface area contributed by atoms with Gasteiger partial charge in [0.25, 0.3) is 0 Å². The quantitative estimate of drug-likeness (QED) is 0.904. The lowest BCUT2D eigenvalue weighted by molar-refractivity contribution is 0.625. The van der Waals surface area contributed by atoms with Crippen molar-refractivity contribution in [1.29, 1.82) is 0 Å². The van der Waals surface area contributed by atoms with Gasteiger partial charge in [-0.15, -0.1) is 0 Å². The summed E-state index contributed by atoms with van der Waals surface area (Å²) in [5.41, 5.74) is 2.37. The highest BCUT2D eigenvalue weighted by atomic mass is 35.5. The molecule has 100 valence electrons. The smallest absolute Gasteiger partial charge is 0.0621 e. The van der Waals surface area contributed by atoms with E-state index in [0.29, 0.717) is 5.92 Å². The highest BCUT2D eigenvalue weighted by Crippen LogP contribution is 2.25. The van der Waals surface area contributed by atoms with Crippen molar-refractivity contribution in [2.75, 3.05) is 13.6 Å². The van der Waals surface area contributed by atoms with Crippen molar-refractivity contribution in [3.05, 3.63) is 63.9 Å². The number of nitrogens with one attached hydrogen (secondary N) is 1. The van der Waals surface area contributed by atoms with Crippen LogP contribution in [-0.4, -0.2) is 18.6 Å². The third kappa shape index (κ3) is 3.93. The Morgan fingerprint density at radius 2 is 1.89 bits per heavy atom. The summed E-state index contributed by atoms with van der Waals surface area (Å²) in [5.74, 6) is 0.363. The van der Waals surface area contributed by atoms with E-state index < -0.39 is 0 Å². The first-order valence-electron chi connectivity index (χ1n) is 6.19. The fraction of sp³-hybridized carbons (Fsp3) is 0.267. The Morgan fingerprint density at radius 1 is 1.16 bits per heavy atom. The van der Waals surface area contributed by atoms with Gasteiger partial charge in [-0.3, -0.25) is 4.98 Å². The zero-order chi connectivity index (χ0) is 13.7. The predicted octanol–water partition coefficient (Wildman–Crippen LogP) is 3.93. The lowest BCUT2D eigenvalue weighted by atomic mass is 9.92. The molecule has 1 atom stereocenters. The molecule has 0 fully saturated rings. The second-order valence-electron chi connectivity index (χ2n) is 4.48. The minimum Gasteiger partial charge on any atom is -0.319 e. The van der Waals surface area contributed by atoms with Crippen LogP contribution in [0.1, 0.15) is 17.0 Å². The maximum absolute atomic E-state index is 6.18. The summed E-state index contributed by atoms with van der Waals surface area (Å²) in [4.78, 5) is 4.02. The molecule has 1 N–H and O–H groups in total. The number of hydrogen-bond acceptors (Lipinski definition) is 2. The number of aromatic nitrogens is 1. The SMILES string of the molecule is CNCC(Cc1ccncc1Cl)c1ccc(Cl)cc1. The Morgan fingerprint density at radius 3 is 2.53 bits per heavy atom. The van der Waals surface area contributed by atoms with Crippen LogP contribution < -0.4 is 5.32 Å². The average Bonchev–Trinajstić information content (AvgIpc) is 2.42. The van der Waals surface area contributed by atoms with Crippen LogP contribution in [0, 0.1) is 0 Å². The van der Waals surface area contributed by atoms with Crippen molar-refractivity contribution in [2.45, 2.75) is 12.3 Å². The summed E-state index contributed by atoms with van der Waals surface area (Å²) in [6.07, 6.45) is 4.35. The van der Waals surface area contributed by atoms with Crippen molar-refractivity contribution in [1.82, 2.24) is 10.3 Å². The average molecular weight is 295 g/mol. The van der Waals surface area contributed by atoms with E-state index in [0.717, 1.165) is 28.6 Å². The minimum absolute atomic E-state index is 0.363. The molecular weight excluding hydrogens is 279 g/mol. The van der Waals surface area contributed by atoms with Gasteiger partial charge < -0.3 is 5.32 Å². The van der Waals surface area contributed by atoms with Crippen molar-refractivity contribution in [3.8, 4) is 0 Å². The monoisotopic (exact) mass is 294 g/mol. The van der Waals surface area contributed by atoms with E-state index in [1.165, 1.54) is 5.56 Å². The zero-order valence-electron chi connectivity index (χ0n) is 10.7. The van der Waals surface area contributed by atoms with Gasteiger partial charge in [0.2, 0.25) is 0 Å². The molecule has 0 bridgehead atoms. The first-order chi connectivity index (χ1) is 9.20. The van der Waals surface area contributed by atoms with Crippen LogP contribution in [0.5, 0.6) is 0 Å². The number of nitrogens with zero attached hydrogens (tertiary/aromatic N) is 1. The molecule has 4 heteroatoms. The van der Waals surface area contributed by atoms with E-state index in [4.69, 9.17) is 23.2 Å². The molecule has 0 saturated carbocycles. The molecule has 1 heterocycles. The lowest BCUT2D eigenvalue weighted by Gasteiger charge is -2.18. The molecule has 0 aliphatic heterocycles. The zero-order valence-corrected chi connectivity index (χ0v) is 12.2. The highest BCUT2D eigenvalue weighted by molar-refractivity contribution is 6.31. The number of halogens is 2. The summed E-state index contributed by atoms with van der Waals surface area (Å²) in [7, 11) is 1.96. The van der Waals surface area contributed by atoms with E-state index in [2.05, 4.69) is 22.4 Å². The van der Waals surface area contributed by atoms with Gasteiger partial charge in [0.1, 0.15) is 0 Å². The maximum atomic E-state index is 6.18. The molecule has 0 aliphatic rings. The van der Waals surface area contributed by atoms with Crippen LogP contribution in [-0.2, 0) is 6.42 Å². The van der Waals surface area contributed by atoms with Crippen molar-refractivity contribution >= 4 is 23.2 Å². The number of hydrogen-bond donors (Lipinski definition) is 1.